The van der Waals surface area contributed by atoms with Crippen LogP contribution in [0.25, 0.3) is 0 Å². The van der Waals surface area contributed by atoms with Crippen LogP contribution in [0.5, 0.6) is 0 Å². The summed E-state index contributed by atoms with van der Waals surface area (Å²) in [4.78, 5) is 10.5. The molecule has 0 fully saturated rings. The van der Waals surface area contributed by atoms with Gasteiger partial charge in [-0.05, 0) is 31.0 Å². The molecule has 1 unspecified atom stereocenters. The van der Waals surface area contributed by atoms with Crippen LogP contribution in [0, 0.1) is 0 Å². The van der Waals surface area contributed by atoms with Crippen molar-refractivity contribution in [1.82, 2.24) is 5.32 Å². The minimum atomic E-state index is -0.859. The Kier molecular flexibility index (Phi) is 5.06. The third-order valence-corrected chi connectivity index (χ3v) is 2.82. The van der Waals surface area contributed by atoms with Crippen molar-refractivity contribution < 1.29 is 9.90 Å². The first kappa shape index (κ1) is 13.3. The predicted octanol–water partition coefficient (Wildman–Crippen LogP) is 2.60. The van der Waals surface area contributed by atoms with Gasteiger partial charge in [0.15, 0.2) is 0 Å². The lowest BCUT2D eigenvalue weighted by Gasteiger charge is -2.09. The summed E-state index contributed by atoms with van der Waals surface area (Å²) in [6.45, 7) is 2.17. The molecule has 0 amide bonds. The van der Waals surface area contributed by atoms with Gasteiger partial charge in [0, 0.05) is 16.6 Å². The summed E-state index contributed by atoms with van der Waals surface area (Å²) in [5, 5.41) is 12.8. The summed E-state index contributed by atoms with van der Waals surface area (Å²) >= 11 is 11.7. The first-order chi connectivity index (χ1) is 7.50. The molecule has 0 spiro atoms. The van der Waals surface area contributed by atoms with Crippen LogP contribution in [0.2, 0.25) is 10.0 Å². The first-order valence-electron chi connectivity index (χ1n) is 4.91. The molecule has 0 saturated heterocycles. The van der Waals surface area contributed by atoms with Crippen LogP contribution in [0.3, 0.4) is 0 Å². The molecule has 0 saturated carbocycles. The number of hydrogen-bond acceptors (Lipinski definition) is 2. The molecule has 0 bridgehead atoms. The molecular formula is C11H13Cl2NO2. The van der Waals surface area contributed by atoms with Crippen molar-refractivity contribution in [3.63, 3.8) is 0 Å². The van der Waals surface area contributed by atoms with Gasteiger partial charge in [-0.3, -0.25) is 4.79 Å². The fourth-order valence-electron chi connectivity index (χ4n) is 1.24. The number of nitrogens with one attached hydrogen (secondary N) is 1. The SMILES string of the molecule is CC(NCCc1ccc(Cl)cc1Cl)C(=O)O. The van der Waals surface area contributed by atoms with Crippen LogP contribution in [0.15, 0.2) is 18.2 Å². The highest BCUT2D eigenvalue weighted by Crippen LogP contribution is 2.20. The van der Waals surface area contributed by atoms with Crippen molar-refractivity contribution in [2.45, 2.75) is 19.4 Å². The Morgan fingerprint density at radius 3 is 2.75 bits per heavy atom. The molecule has 0 aliphatic heterocycles. The molecule has 0 aromatic heterocycles. The molecule has 1 atom stereocenters. The van der Waals surface area contributed by atoms with Gasteiger partial charge in [-0.25, -0.2) is 0 Å². The topological polar surface area (TPSA) is 49.3 Å². The number of carboxylic acids is 1. The Hall–Kier alpha value is -0.770. The first-order valence-corrected chi connectivity index (χ1v) is 5.66. The van der Waals surface area contributed by atoms with Crippen LogP contribution >= 0.6 is 23.2 Å². The largest absolute Gasteiger partial charge is 0.480 e. The zero-order valence-electron chi connectivity index (χ0n) is 8.84. The number of rotatable bonds is 5. The van der Waals surface area contributed by atoms with E-state index in [4.69, 9.17) is 28.3 Å². The predicted molar refractivity (Wildman–Crippen MR) is 65.3 cm³/mol. The molecule has 16 heavy (non-hydrogen) atoms. The summed E-state index contributed by atoms with van der Waals surface area (Å²) in [6, 6.07) is 4.74. The Labute approximate surface area is 104 Å². The second-order valence-corrected chi connectivity index (χ2v) is 4.34. The van der Waals surface area contributed by atoms with Gasteiger partial charge in [0.1, 0.15) is 6.04 Å². The fraction of sp³-hybridized carbons (Fsp3) is 0.364. The minimum Gasteiger partial charge on any atom is -0.480 e. The van der Waals surface area contributed by atoms with E-state index >= 15 is 0 Å². The van der Waals surface area contributed by atoms with Gasteiger partial charge < -0.3 is 10.4 Å². The van der Waals surface area contributed by atoms with E-state index in [0.29, 0.717) is 23.0 Å². The minimum absolute atomic E-state index is 0.550. The molecule has 0 aliphatic carbocycles. The highest BCUT2D eigenvalue weighted by atomic mass is 35.5. The second-order valence-electron chi connectivity index (χ2n) is 3.50. The van der Waals surface area contributed by atoms with Crippen molar-refractivity contribution in [1.29, 1.82) is 0 Å². The van der Waals surface area contributed by atoms with Crippen LogP contribution in [0.4, 0.5) is 0 Å². The lowest BCUT2D eigenvalue weighted by Crippen LogP contribution is -2.34. The summed E-state index contributed by atoms with van der Waals surface area (Å²) in [5.41, 5.74) is 0.955. The molecule has 0 radical (unpaired) electrons. The van der Waals surface area contributed by atoms with Crippen molar-refractivity contribution >= 4 is 29.2 Å². The van der Waals surface area contributed by atoms with Crippen LogP contribution in [-0.4, -0.2) is 23.7 Å². The molecule has 1 aromatic carbocycles. The molecular weight excluding hydrogens is 249 g/mol. The van der Waals surface area contributed by atoms with Gasteiger partial charge in [0.2, 0.25) is 0 Å². The Morgan fingerprint density at radius 1 is 1.50 bits per heavy atom. The van der Waals surface area contributed by atoms with Gasteiger partial charge in [0.05, 0.1) is 0 Å². The number of aliphatic carboxylic acids is 1. The smallest absolute Gasteiger partial charge is 0.320 e. The van der Waals surface area contributed by atoms with E-state index in [1.807, 2.05) is 6.07 Å². The molecule has 1 rings (SSSR count). The Morgan fingerprint density at radius 2 is 2.19 bits per heavy atom. The van der Waals surface area contributed by atoms with Crippen LogP contribution in [0.1, 0.15) is 12.5 Å². The highest BCUT2D eigenvalue weighted by molar-refractivity contribution is 6.35. The van der Waals surface area contributed by atoms with E-state index in [9.17, 15) is 4.79 Å². The maximum Gasteiger partial charge on any atom is 0.320 e. The molecule has 0 heterocycles. The Balaban J connectivity index is 2.46. The average molecular weight is 262 g/mol. The number of benzene rings is 1. The maximum atomic E-state index is 10.5. The molecule has 3 nitrogen and oxygen atoms in total. The number of halogens is 2. The Bertz CT molecular complexity index is 382. The zero-order valence-corrected chi connectivity index (χ0v) is 10.3. The van der Waals surface area contributed by atoms with E-state index in [2.05, 4.69) is 5.32 Å². The number of carboxylic acid groups (broad SMARTS) is 1. The zero-order chi connectivity index (χ0) is 12.1. The maximum absolute atomic E-state index is 10.5. The van der Waals surface area contributed by atoms with Gasteiger partial charge >= 0.3 is 5.97 Å². The summed E-state index contributed by atoms with van der Waals surface area (Å²) in [7, 11) is 0. The van der Waals surface area contributed by atoms with E-state index in [-0.39, 0.29) is 0 Å². The quantitative estimate of drug-likeness (QED) is 0.857. The van der Waals surface area contributed by atoms with E-state index in [1.54, 1.807) is 19.1 Å². The summed E-state index contributed by atoms with van der Waals surface area (Å²) < 4.78 is 0. The lowest BCUT2D eigenvalue weighted by molar-refractivity contribution is -0.138. The normalized spacial score (nSPS) is 12.4. The molecule has 2 N–H and O–H groups in total. The van der Waals surface area contributed by atoms with Crippen LogP contribution in [-0.2, 0) is 11.2 Å². The molecule has 5 heteroatoms. The van der Waals surface area contributed by atoms with E-state index in [0.717, 1.165) is 5.56 Å². The van der Waals surface area contributed by atoms with Crippen LogP contribution < -0.4 is 5.32 Å². The molecule has 88 valence electrons. The van der Waals surface area contributed by atoms with Crippen molar-refractivity contribution in [3.8, 4) is 0 Å². The monoisotopic (exact) mass is 261 g/mol. The summed E-state index contributed by atoms with van der Waals surface area (Å²) in [5.74, 6) is -0.859. The third-order valence-electron chi connectivity index (χ3n) is 2.23. The second kappa shape index (κ2) is 6.09. The van der Waals surface area contributed by atoms with Crippen molar-refractivity contribution in [2.75, 3.05) is 6.54 Å². The van der Waals surface area contributed by atoms with Crippen molar-refractivity contribution in [2.24, 2.45) is 0 Å². The lowest BCUT2D eigenvalue weighted by atomic mass is 10.1. The summed E-state index contributed by atoms with van der Waals surface area (Å²) in [6.07, 6.45) is 0.674. The molecule has 0 aliphatic rings. The van der Waals surface area contributed by atoms with Gasteiger partial charge in [-0.15, -0.1) is 0 Å². The third kappa shape index (κ3) is 4.00. The number of hydrogen-bond donors (Lipinski definition) is 2. The average Bonchev–Trinajstić information content (AvgIpc) is 2.20. The van der Waals surface area contributed by atoms with Gasteiger partial charge in [-0.1, -0.05) is 29.3 Å². The fourth-order valence-corrected chi connectivity index (χ4v) is 1.74. The van der Waals surface area contributed by atoms with E-state index in [1.165, 1.54) is 0 Å². The van der Waals surface area contributed by atoms with Gasteiger partial charge in [-0.2, -0.15) is 0 Å². The number of carbonyl (C=O) groups is 1. The van der Waals surface area contributed by atoms with Crippen molar-refractivity contribution in [3.05, 3.63) is 33.8 Å². The van der Waals surface area contributed by atoms with E-state index < -0.39 is 12.0 Å². The standard InChI is InChI=1S/C11H13Cl2NO2/c1-7(11(15)16)14-5-4-8-2-3-9(12)6-10(8)13/h2-3,6-7,14H,4-5H2,1H3,(H,15,16). The van der Waals surface area contributed by atoms with Gasteiger partial charge in [0.25, 0.3) is 0 Å². The highest BCUT2D eigenvalue weighted by Gasteiger charge is 2.09. The molecule has 1 aromatic rings.